The van der Waals surface area contributed by atoms with E-state index in [1.54, 1.807) is 37.3 Å². The van der Waals surface area contributed by atoms with Gasteiger partial charge in [0.15, 0.2) is 10.9 Å². The minimum atomic E-state index is -3.64. The molecule has 1 aromatic heterocycles. The molecule has 2 aromatic carbocycles. The van der Waals surface area contributed by atoms with Gasteiger partial charge in [-0.3, -0.25) is 4.79 Å². The minimum Gasteiger partial charge on any atom is -0.462 e. The maximum Gasteiger partial charge on any atom is 0.338 e. The highest BCUT2D eigenvalue weighted by Crippen LogP contribution is 2.27. The SMILES string of the molecule is CCOC(=O)c1ccc2nc(NCC(=O)c3cccc(S(=O)(=O)N4CCCC(C)C4)c3)sc2c1. The van der Waals surface area contributed by atoms with Crippen LogP contribution in [0.25, 0.3) is 10.2 Å². The molecule has 2 heterocycles. The molecule has 0 aliphatic carbocycles. The molecule has 1 unspecified atom stereocenters. The Bertz CT molecular complexity index is 1320. The van der Waals surface area contributed by atoms with Crippen LogP contribution in [0.5, 0.6) is 0 Å². The molecule has 1 fully saturated rings. The smallest absolute Gasteiger partial charge is 0.338 e. The van der Waals surface area contributed by atoms with E-state index in [-0.39, 0.29) is 17.2 Å². The molecule has 1 aliphatic rings. The average molecular weight is 502 g/mol. The summed E-state index contributed by atoms with van der Waals surface area (Å²) in [6.07, 6.45) is 1.86. The number of hydrogen-bond donors (Lipinski definition) is 1. The third kappa shape index (κ3) is 5.29. The Hall–Kier alpha value is -2.82. The van der Waals surface area contributed by atoms with Crippen LogP contribution in [0.3, 0.4) is 0 Å². The summed E-state index contributed by atoms with van der Waals surface area (Å²) < 4.78 is 33.5. The number of nitrogens with zero attached hydrogens (tertiary/aromatic N) is 2. The summed E-state index contributed by atoms with van der Waals surface area (Å²) >= 11 is 1.33. The number of carbonyl (C=O) groups excluding carboxylic acids is 2. The van der Waals surface area contributed by atoms with Gasteiger partial charge in [0.2, 0.25) is 10.0 Å². The Morgan fingerprint density at radius 2 is 2.03 bits per heavy atom. The van der Waals surface area contributed by atoms with Gasteiger partial charge in [0.1, 0.15) is 0 Å². The van der Waals surface area contributed by atoms with E-state index in [4.69, 9.17) is 4.74 Å². The molecule has 1 N–H and O–H groups in total. The van der Waals surface area contributed by atoms with Gasteiger partial charge in [-0.2, -0.15) is 4.31 Å². The summed E-state index contributed by atoms with van der Waals surface area (Å²) in [6.45, 7) is 5.07. The summed E-state index contributed by atoms with van der Waals surface area (Å²) in [6, 6.07) is 11.3. The Labute approximate surface area is 203 Å². The molecule has 0 radical (unpaired) electrons. The number of aromatic nitrogens is 1. The monoisotopic (exact) mass is 501 g/mol. The average Bonchev–Trinajstić information content (AvgIpc) is 3.25. The number of ketones is 1. The van der Waals surface area contributed by atoms with Crippen molar-refractivity contribution in [1.29, 1.82) is 0 Å². The fourth-order valence-corrected chi connectivity index (χ4v) is 6.49. The third-order valence-electron chi connectivity index (χ3n) is 5.71. The maximum absolute atomic E-state index is 13.1. The van der Waals surface area contributed by atoms with Crippen LogP contribution >= 0.6 is 11.3 Å². The van der Waals surface area contributed by atoms with Crippen molar-refractivity contribution in [3.63, 3.8) is 0 Å². The van der Waals surface area contributed by atoms with Crippen LogP contribution in [0.1, 0.15) is 47.4 Å². The normalized spacial score (nSPS) is 16.9. The number of rotatable bonds is 8. The van der Waals surface area contributed by atoms with Crippen molar-refractivity contribution in [2.24, 2.45) is 5.92 Å². The second-order valence-electron chi connectivity index (χ2n) is 8.34. The predicted molar refractivity (Wildman–Crippen MR) is 132 cm³/mol. The van der Waals surface area contributed by atoms with Gasteiger partial charge in [-0.1, -0.05) is 30.4 Å². The quantitative estimate of drug-likeness (QED) is 0.364. The lowest BCUT2D eigenvalue weighted by atomic mass is 10.0. The number of hydrogen-bond acceptors (Lipinski definition) is 8. The minimum absolute atomic E-state index is 0.0329. The van der Waals surface area contributed by atoms with Crippen LogP contribution in [-0.2, 0) is 14.8 Å². The van der Waals surface area contributed by atoms with Gasteiger partial charge in [-0.15, -0.1) is 0 Å². The number of piperidine rings is 1. The lowest BCUT2D eigenvalue weighted by molar-refractivity contribution is 0.0526. The van der Waals surface area contributed by atoms with E-state index >= 15 is 0 Å². The first-order valence-electron chi connectivity index (χ1n) is 11.2. The van der Waals surface area contributed by atoms with Crippen LogP contribution in [0.15, 0.2) is 47.4 Å². The highest BCUT2D eigenvalue weighted by Gasteiger charge is 2.29. The van der Waals surface area contributed by atoms with Crippen molar-refractivity contribution >= 4 is 48.5 Å². The van der Waals surface area contributed by atoms with E-state index in [0.717, 1.165) is 17.5 Å². The molecule has 0 saturated carbocycles. The number of sulfonamides is 1. The third-order valence-corrected chi connectivity index (χ3v) is 8.55. The van der Waals surface area contributed by atoms with E-state index in [0.29, 0.717) is 47.4 Å². The molecule has 0 bridgehead atoms. The van der Waals surface area contributed by atoms with Gasteiger partial charge in [0.25, 0.3) is 0 Å². The lowest BCUT2D eigenvalue weighted by Crippen LogP contribution is -2.39. The van der Waals surface area contributed by atoms with E-state index in [1.807, 2.05) is 6.92 Å². The Morgan fingerprint density at radius 1 is 1.21 bits per heavy atom. The van der Waals surface area contributed by atoms with E-state index < -0.39 is 16.0 Å². The van der Waals surface area contributed by atoms with Crippen LogP contribution in [0, 0.1) is 5.92 Å². The zero-order valence-electron chi connectivity index (χ0n) is 19.1. The van der Waals surface area contributed by atoms with Gasteiger partial charge >= 0.3 is 5.97 Å². The van der Waals surface area contributed by atoms with Crippen molar-refractivity contribution in [1.82, 2.24) is 9.29 Å². The van der Waals surface area contributed by atoms with Crippen LogP contribution in [0.2, 0.25) is 0 Å². The molecule has 3 aromatic rings. The van der Waals surface area contributed by atoms with Gasteiger partial charge in [-0.25, -0.2) is 18.2 Å². The van der Waals surface area contributed by atoms with Crippen LogP contribution in [-0.4, -0.2) is 55.7 Å². The molecule has 0 spiro atoms. The standard InChI is InChI=1S/C24H27N3O5S2/c1-3-32-23(29)18-9-10-20-22(13-18)33-24(26-20)25-14-21(28)17-7-4-8-19(12-17)34(30,31)27-11-5-6-16(2)15-27/h4,7-10,12-13,16H,3,5-6,11,14-15H2,1-2H3,(H,25,26). The first-order valence-corrected chi connectivity index (χ1v) is 13.5. The van der Waals surface area contributed by atoms with Gasteiger partial charge < -0.3 is 10.1 Å². The van der Waals surface area contributed by atoms with E-state index in [1.165, 1.54) is 27.8 Å². The molecular weight excluding hydrogens is 474 g/mol. The number of ether oxygens (including phenoxy) is 1. The first-order chi connectivity index (χ1) is 16.3. The second-order valence-corrected chi connectivity index (χ2v) is 11.3. The second kappa shape index (κ2) is 10.2. The zero-order chi connectivity index (χ0) is 24.3. The predicted octanol–water partition coefficient (Wildman–Crippen LogP) is 4.19. The summed E-state index contributed by atoms with van der Waals surface area (Å²) in [5.41, 5.74) is 1.47. The number of carbonyl (C=O) groups is 2. The van der Waals surface area contributed by atoms with Crippen LogP contribution in [0.4, 0.5) is 5.13 Å². The summed E-state index contributed by atoms with van der Waals surface area (Å²) in [5.74, 6) is -0.313. The van der Waals surface area contributed by atoms with Crippen molar-refractivity contribution in [3.05, 3.63) is 53.6 Å². The molecule has 4 rings (SSSR count). The topological polar surface area (TPSA) is 106 Å². The zero-order valence-corrected chi connectivity index (χ0v) is 20.7. The number of nitrogens with one attached hydrogen (secondary N) is 1. The molecule has 0 amide bonds. The number of anilines is 1. The molecular formula is C24H27N3O5S2. The van der Waals surface area contributed by atoms with Crippen molar-refractivity contribution in [2.75, 3.05) is 31.6 Å². The lowest BCUT2D eigenvalue weighted by Gasteiger charge is -2.30. The van der Waals surface area contributed by atoms with Gasteiger partial charge in [0.05, 0.1) is 33.8 Å². The molecule has 1 saturated heterocycles. The molecule has 1 atom stereocenters. The highest BCUT2D eigenvalue weighted by molar-refractivity contribution is 7.89. The first kappa shape index (κ1) is 24.3. The summed E-state index contributed by atoms with van der Waals surface area (Å²) in [7, 11) is -3.64. The Balaban J connectivity index is 1.45. The van der Waals surface area contributed by atoms with E-state index in [2.05, 4.69) is 10.3 Å². The number of benzene rings is 2. The van der Waals surface area contributed by atoms with Crippen molar-refractivity contribution < 1.29 is 22.7 Å². The number of esters is 1. The molecule has 34 heavy (non-hydrogen) atoms. The summed E-state index contributed by atoms with van der Waals surface area (Å²) in [5, 5.41) is 3.55. The van der Waals surface area contributed by atoms with Crippen molar-refractivity contribution in [3.8, 4) is 0 Å². The largest absolute Gasteiger partial charge is 0.462 e. The number of Topliss-reactive ketones (excluding diaryl/α,β-unsaturated/α-hetero) is 1. The van der Waals surface area contributed by atoms with Crippen molar-refractivity contribution in [2.45, 2.75) is 31.6 Å². The van der Waals surface area contributed by atoms with Gasteiger partial charge in [0, 0.05) is 18.7 Å². The van der Waals surface area contributed by atoms with E-state index in [9.17, 15) is 18.0 Å². The fourth-order valence-electron chi connectivity index (χ4n) is 3.94. The molecule has 1 aliphatic heterocycles. The fraction of sp³-hybridized carbons (Fsp3) is 0.375. The molecule has 8 nitrogen and oxygen atoms in total. The van der Waals surface area contributed by atoms with Gasteiger partial charge in [-0.05, 0) is 56.0 Å². The molecule has 10 heteroatoms. The highest BCUT2D eigenvalue weighted by atomic mass is 32.2. The number of thiazole rings is 1. The number of fused-ring (bicyclic) bond motifs is 1. The Morgan fingerprint density at radius 3 is 2.79 bits per heavy atom. The van der Waals surface area contributed by atoms with Crippen LogP contribution < -0.4 is 5.32 Å². The Kier molecular flexibility index (Phi) is 7.30. The maximum atomic E-state index is 13.1. The molecule has 180 valence electrons. The summed E-state index contributed by atoms with van der Waals surface area (Å²) in [4.78, 5) is 29.3.